The lowest BCUT2D eigenvalue weighted by Gasteiger charge is -2.18. The zero-order valence-electron chi connectivity index (χ0n) is 10.0. The average Bonchev–Trinajstić information content (AvgIpc) is 2.84. The quantitative estimate of drug-likeness (QED) is 0.759. The van der Waals surface area contributed by atoms with E-state index in [2.05, 4.69) is 12.2 Å². The van der Waals surface area contributed by atoms with Crippen LogP contribution < -0.4 is 5.32 Å². The molecule has 0 aromatic carbocycles. The van der Waals surface area contributed by atoms with Crippen LogP contribution in [-0.2, 0) is 4.79 Å². The minimum Gasteiger partial charge on any atom is -0.356 e. The molecule has 0 aromatic heterocycles. The van der Waals surface area contributed by atoms with Crippen molar-refractivity contribution in [3.63, 3.8) is 0 Å². The highest BCUT2D eigenvalue weighted by Gasteiger charge is 2.31. The van der Waals surface area contributed by atoms with Crippen LogP contribution in [0.4, 0.5) is 0 Å². The molecule has 0 aromatic rings. The molecule has 4 unspecified atom stereocenters. The molecule has 2 rings (SSSR count). The van der Waals surface area contributed by atoms with E-state index in [1.54, 1.807) is 0 Å². The summed E-state index contributed by atoms with van der Waals surface area (Å²) >= 11 is 6.20. The van der Waals surface area contributed by atoms with Crippen LogP contribution in [0.3, 0.4) is 0 Å². The molecule has 4 atom stereocenters. The Morgan fingerprint density at radius 3 is 2.56 bits per heavy atom. The minimum atomic E-state index is 0.259. The summed E-state index contributed by atoms with van der Waals surface area (Å²) in [6.07, 6.45) is 6.99. The first kappa shape index (κ1) is 12.2. The molecular formula is C13H22ClNO. The molecule has 3 heteroatoms. The van der Waals surface area contributed by atoms with Crippen molar-refractivity contribution in [2.24, 2.45) is 17.8 Å². The third-order valence-corrected chi connectivity index (χ3v) is 4.88. The average molecular weight is 244 g/mol. The van der Waals surface area contributed by atoms with Gasteiger partial charge in [0, 0.05) is 17.8 Å². The summed E-state index contributed by atoms with van der Waals surface area (Å²) in [7, 11) is 0. The fourth-order valence-electron chi connectivity index (χ4n) is 3.12. The van der Waals surface area contributed by atoms with Gasteiger partial charge in [0.25, 0.3) is 0 Å². The predicted octanol–water partition coefficient (Wildman–Crippen LogP) is 2.95. The van der Waals surface area contributed by atoms with Crippen LogP contribution in [0.25, 0.3) is 0 Å². The van der Waals surface area contributed by atoms with E-state index in [4.69, 9.17) is 11.6 Å². The molecule has 2 fully saturated rings. The fourth-order valence-corrected chi connectivity index (χ4v) is 3.49. The van der Waals surface area contributed by atoms with Gasteiger partial charge in [-0.3, -0.25) is 4.79 Å². The van der Waals surface area contributed by atoms with Crippen molar-refractivity contribution in [3.8, 4) is 0 Å². The van der Waals surface area contributed by atoms with E-state index >= 15 is 0 Å². The molecule has 0 heterocycles. The first-order valence-electron chi connectivity index (χ1n) is 6.60. The van der Waals surface area contributed by atoms with Gasteiger partial charge in [0.2, 0.25) is 5.91 Å². The lowest BCUT2D eigenvalue weighted by atomic mass is 9.97. The van der Waals surface area contributed by atoms with Gasteiger partial charge in [-0.05, 0) is 37.5 Å². The van der Waals surface area contributed by atoms with Gasteiger partial charge in [-0.15, -0.1) is 11.6 Å². The van der Waals surface area contributed by atoms with E-state index in [1.165, 1.54) is 25.7 Å². The molecule has 2 aliphatic rings. The molecule has 2 saturated carbocycles. The van der Waals surface area contributed by atoms with Crippen LogP contribution in [0.2, 0.25) is 0 Å². The van der Waals surface area contributed by atoms with Crippen LogP contribution in [0.15, 0.2) is 0 Å². The van der Waals surface area contributed by atoms with Crippen molar-refractivity contribution in [2.45, 2.75) is 50.8 Å². The molecule has 0 bridgehead atoms. The highest BCUT2D eigenvalue weighted by atomic mass is 35.5. The Morgan fingerprint density at radius 2 is 2.00 bits per heavy atom. The van der Waals surface area contributed by atoms with E-state index < -0.39 is 0 Å². The molecule has 1 N–H and O–H groups in total. The Kier molecular flexibility index (Phi) is 4.12. The summed E-state index contributed by atoms with van der Waals surface area (Å²) in [5.41, 5.74) is 0. The molecule has 92 valence electrons. The Hall–Kier alpha value is -0.240. The van der Waals surface area contributed by atoms with E-state index in [9.17, 15) is 4.79 Å². The Bertz CT molecular complexity index is 256. The van der Waals surface area contributed by atoms with Crippen molar-refractivity contribution in [1.29, 1.82) is 0 Å². The normalized spacial score (nSPS) is 38.9. The minimum absolute atomic E-state index is 0.259. The van der Waals surface area contributed by atoms with Crippen LogP contribution in [-0.4, -0.2) is 17.8 Å². The van der Waals surface area contributed by atoms with Crippen LogP contribution in [0.5, 0.6) is 0 Å². The second kappa shape index (κ2) is 5.39. The van der Waals surface area contributed by atoms with Gasteiger partial charge >= 0.3 is 0 Å². The smallest absolute Gasteiger partial charge is 0.223 e. The maximum Gasteiger partial charge on any atom is 0.223 e. The lowest BCUT2D eigenvalue weighted by molar-refractivity contribution is -0.126. The number of halogens is 1. The summed E-state index contributed by atoms with van der Waals surface area (Å²) in [6.45, 7) is 2.98. The monoisotopic (exact) mass is 243 g/mol. The molecule has 0 radical (unpaired) electrons. The van der Waals surface area contributed by atoms with Gasteiger partial charge in [0.1, 0.15) is 0 Å². The Labute approximate surface area is 103 Å². The number of carbonyl (C=O) groups excluding carboxylic acids is 1. The summed E-state index contributed by atoms with van der Waals surface area (Å²) < 4.78 is 0. The number of carbonyl (C=O) groups is 1. The number of hydrogen-bond donors (Lipinski definition) is 1. The number of nitrogens with one attached hydrogen (secondary N) is 1. The summed E-state index contributed by atoms with van der Waals surface area (Å²) in [6, 6.07) is 0. The van der Waals surface area contributed by atoms with Crippen LogP contribution in [0.1, 0.15) is 45.4 Å². The molecule has 16 heavy (non-hydrogen) atoms. The third kappa shape index (κ3) is 2.71. The largest absolute Gasteiger partial charge is 0.356 e. The fraction of sp³-hybridized carbons (Fsp3) is 0.923. The molecular weight excluding hydrogens is 222 g/mol. The molecule has 2 aliphatic carbocycles. The van der Waals surface area contributed by atoms with Crippen molar-refractivity contribution >= 4 is 17.5 Å². The highest BCUT2D eigenvalue weighted by molar-refractivity contribution is 6.20. The second-order valence-electron chi connectivity index (χ2n) is 5.47. The van der Waals surface area contributed by atoms with E-state index in [1.807, 2.05) is 0 Å². The van der Waals surface area contributed by atoms with Gasteiger partial charge < -0.3 is 5.32 Å². The predicted molar refractivity (Wildman–Crippen MR) is 66.5 cm³/mol. The Balaban J connectivity index is 1.75. The zero-order valence-corrected chi connectivity index (χ0v) is 10.8. The third-order valence-electron chi connectivity index (χ3n) is 4.30. The van der Waals surface area contributed by atoms with Gasteiger partial charge in [-0.2, -0.15) is 0 Å². The lowest BCUT2D eigenvalue weighted by Crippen LogP contribution is -2.36. The SMILES string of the molecule is CC1CCCC1C(=O)NCC1CCCC1Cl. The van der Waals surface area contributed by atoms with Gasteiger partial charge in [0.05, 0.1) is 0 Å². The number of rotatable bonds is 3. The molecule has 1 amide bonds. The topological polar surface area (TPSA) is 29.1 Å². The first-order valence-corrected chi connectivity index (χ1v) is 7.04. The first-order chi connectivity index (χ1) is 7.68. The van der Waals surface area contributed by atoms with Crippen molar-refractivity contribution in [1.82, 2.24) is 5.32 Å². The van der Waals surface area contributed by atoms with Gasteiger partial charge in [-0.1, -0.05) is 19.8 Å². The summed E-state index contributed by atoms with van der Waals surface area (Å²) in [5.74, 6) is 1.59. The molecule has 0 saturated heterocycles. The second-order valence-corrected chi connectivity index (χ2v) is 6.03. The number of hydrogen-bond acceptors (Lipinski definition) is 1. The maximum atomic E-state index is 12.0. The maximum absolute atomic E-state index is 12.0. The summed E-state index contributed by atoms with van der Waals surface area (Å²) in [4.78, 5) is 12.0. The van der Waals surface area contributed by atoms with Crippen LogP contribution >= 0.6 is 11.6 Å². The van der Waals surface area contributed by atoms with Crippen LogP contribution in [0, 0.1) is 17.8 Å². The number of alkyl halides is 1. The molecule has 0 aliphatic heterocycles. The van der Waals surface area contributed by atoms with E-state index in [-0.39, 0.29) is 17.2 Å². The highest BCUT2D eigenvalue weighted by Crippen LogP contribution is 2.32. The van der Waals surface area contributed by atoms with E-state index in [0.29, 0.717) is 11.8 Å². The van der Waals surface area contributed by atoms with Crippen molar-refractivity contribution in [3.05, 3.63) is 0 Å². The summed E-state index contributed by atoms with van der Waals surface area (Å²) in [5, 5.41) is 3.38. The van der Waals surface area contributed by atoms with Crippen molar-refractivity contribution in [2.75, 3.05) is 6.54 Å². The zero-order chi connectivity index (χ0) is 11.5. The standard InChI is InChI=1S/C13H22ClNO/c1-9-4-2-6-11(9)13(16)15-8-10-5-3-7-12(10)14/h9-12H,2-8H2,1H3,(H,15,16). The Morgan fingerprint density at radius 1 is 1.25 bits per heavy atom. The van der Waals surface area contributed by atoms with Crippen molar-refractivity contribution < 1.29 is 4.79 Å². The van der Waals surface area contributed by atoms with Gasteiger partial charge in [-0.25, -0.2) is 0 Å². The number of amides is 1. The molecule has 2 nitrogen and oxygen atoms in total. The van der Waals surface area contributed by atoms with Gasteiger partial charge in [0.15, 0.2) is 0 Å². The van der Waals surface area contributed by atoms with E-state index in [0.717, 1.165) is 19.4 Å². The molecule has 0 spiro atoms.